The van der Waals surface area contributed by atoms with Crippen LogP contribution >= 0.6 is 11.6 Å². The lowest BCUT2D eigenvalue weighted by molar-refractivity contribution is 0.411. The number of methoxy groups -OCH3 is 1. The van der Waals surface area contributed by atoms with E-state index in [1.165, 1.54) is 31.4 Å². The van der Waals surface area contributed by atoms with Crippen LogP contribution < -0.4 is 4.74 Å². The van der Waals surface area contributed by atoms with E-state index in [2.05, 4.69) is 9.97 Å². The second-order valence-electron chi connectivity index (χ2n) is 4.39. The number of ether oxygens (including phenoxy) is 1. The van der Waals surface area contributed by atoms with E-state index in [0.717, 1.165) is 0 Å². The predicted octanol–water partition coefficient (Wildman–Crippen LogP) is 3.80. The highest BCUT2D eigenvalue weighted by Crippen LogP contribution is 2.29. The van der Waals surface area contributed by atoms with Gasteiger partial charge in [0.05, 0.1) is 18.2 Å². The summed E-state index contributed by atoms with van der Waals surface area (Å²) in [6, 6.07) is 8.96. The molecule has 0 bridgehead atoms. The van der Waals surface area contributed by atoms with Crippen molar-refractivity contribution in [2.45, 2.75) is 0 Å². The largest absolute Gasteiger partial charge is 0.508 e. The highest BCUT2D eigenvalue weighted by Gasteiger charge is 2.13. The second-order valence-corrected chi connectivity index (χ2v) is 4.74. The van der Waals surface area contributed by atoms with E-state index in [1.54, 1.807) is 12.1 Å². The number of nitrogens with zero attached hydrogens (tertiary/aromatic N) is 2. The van der Waals surface area contributed by atoms with Crippen molar-refractivity contribution in [3.63, 3.8) is 0 Å². The molecule has 21 heavy (non-hydrogen) atoms. The van der Waals surface area contributed by atoms with Crippen molar-refractivity contribution in [2.75, 3.05) is 7.11 Å². The van der Waals surface area contributed by atoms with Crippen molar-refractivity contribution in [2.24, 2.45) is 0 Å². The quantitative estimate of drug-likeness (QED) is 0.732. The first-order valence-corrected chi connectivity index (χ1v) is 6.46. The Hall–Kier alpha value is -2.40. The Morgan fingerprint density at radius 2 is 1.95 bits per heavy atom. The fourth-order valence-corrected chi connectivity index (χ4v) is 2.24. The number of aromatic hydroxyl groups is 1. The van der Waals surface area contributed by atoms with Crippen molar-refractivity contribution in [1.29, 1.82) is 0 Å². The summed E-state index contributed by atoms with van der Waals surface area (Å²) in [7, 11) is 1.46. The molecule has 0 unspecified atom stereocenters. The van der Waals surface area contributed by atoms with Crippen molar-refractivity contribution in [3.8, 4) is 22.9 Å². The van der Waals surface area contributed by atoms with E-state index in [4.69, 9.17) is 16.3 Å². The highest BCUT2D eigenvalue weighted by molar-refractivity contribution is 6.34. The molecule has 0 amide bonds. The van der Waals surface area contributed by atoms with Crippen LogP contribution in [0.2, 0.25) is 5.15 Å². The Morgan fingerprint density at radius 1 is 1.14 bits per heavy atom. The van der Waals surface area contributed by atoms with Crippen molar-refractivity contribution < 1.29 is 14.2 Å². The molecular formula is C15H10ClFN2O2. The van der Waals surface area contributed by atoms with Gasteiger partial charge in [0.1, 0.15) is 22.5 Å². The Balaban J connectivity index is 2.19. The molecule has 2 aromatic carbocycles. The Labute approximate surface area is 124 Å². The molecule has 3 rings (SSSR count). The zero-order valence-corrected chi connectivity index (χ0v) is 11.7. The highest BCUT2D eigenvalue weighted by atomic mass is 35.5. The minimum absolute atomic E-state index is 0.0661. The number of hydrogen-bond donors (Lipinski definition) is 1. The molecule has 0 aliphatic rings. The molecule has 1 heterocycles. The van der Waals surface area contributed by atoms with Crippen molar-refractivity contribution >= 4 is 22.5 Å². The molecule has 0 spiro atoms. The molecule has 0 saturated heterocycles. The number of aromatic nitrogens is 2. The number of halogens is 2. The van der Waals surface area contributed by atoms with Crippen LogP contribution in [-0.4, -0.2) is 22.2 Å². The maximum Gasteiger partial charge on any atom is 0.164 e. The number of rotatable bonds is 2. The molecule has 106 valence electrons. The van der Waals surface area contributed by atoms with Crippen LogP contribution in [0.5, 0.6) is 11.5 Å². The molecule has 0 atom stereocenters. The average Bonchev–Trinajstić information content (AvgIpc) is 2.47. The van der Waals surface area contributed by atoms with Crippen LogP contribution in [0.3, 0.4) is 0 Å². The number of hydrogen-bond acceptors (Lipinski definition) is 4. The number of fused-ring (bicyclic) bond motifs is 1. The zero-order valence-electron chi connectivity index (χ0n) is 11.0. The number of benzene rings is 2. The first-order chi connectivity index (χ1) is 10.1. The van der Waals surface area contributed by atoms with E-state index in [-0.39, 0.29) is 22.3 Å². The molecule has 4 nitrogen and oxygen atoms in total. The van der Waals surface area contributed by atoms with Gasteiger partial charge in [-0.3, -0.25) is 0 Å². The standard InChI is InChI=1S/C15H10ClFN2O2/c1-21-9-3-4-10(12(17)7-9)15-18-13-5-2-8(20)6-11(13)14(16)19-15/h2-7,20H,1H3. The normalized spacial score (nSPS) is 10.8. The summed E-state index contributed by atoms with van der Waals surface area (Å²) in [4.78, 5) is 8.37. The van der Waals surface area contributed by atoms with E-state index in [9.17, 15) is 9.50 Å². The van der Waals surface area contributed by atoms with E-state index >= 15 is 0 Å². The minimum atomic E-state index is -0.497. The van der Waals surface area contributed by atoms with Gasteiger partial charge in [-0.25, -0.2) is 14.4 Å². The molecule has 1 N–H and O–H groups in total. The second kappa shape index (κ2) is 5.18. The van der Waals surface area contributed by atoms with Gasteiger partial charge in [-0.15, -0.1) is 0 Å². The fraction of sp³-hybridized carbons (Fsp3) is 0.0667. The molecule has 0 aliphatic heterocycles. The summed E-state index contributed by atoms with van der Waals surface area (Å²) in [5.74, 6) is 0.159. The summed E-state index contributed by atoms with van der Waals surface area (Å²) < 4.78 is 19.0. The summed E-state index contributed by atoms with van der Waals surface area (Å²) in [6.45, 7) is 0. The molecule has 0 radical (unpaired) electrons. The third-order valence-corrected chi connectivity index (χ3v) is 3.34. The monoisotopic (exact) mass is 304 g/mol. The average molecular weight is 305 g/mol. The summed E-state index contributed by atoms with van der Waals surface area (Å²) in [5, 5.41) is 10.1. The van der Waals surface area contributed by atoms with Gasteiger partial charge in [0.2, 0.25) is 0 Å². The van der Waals surface area contributed by atoms with Crippen LogP contribution in [0, 0.1) is 5.82 Å². The van der Waals surface area contributed by atoms with Gasteiger partial charge in [0.25, 0.3) is 0 Å². The van der Waals surface area contributed by atoms with Gasteiger partial charge >= 0.3 is 0 Å². The summed E-state index contributed by atoms with van der Waals surface area (Å²) in [6.07, 6.45) is 0. The Kier molecular flexibility index (Phi) is 3.35. The predicted molar refractivity (Wildman–Crippen MR) is 78.2 cm³/mol. The SMILES string of the molecule is COc1ccc(-c2nc(Cl)c3cc(O)ccc3n2)c(F)c1. The number of phenolic OH excluding ortho intramolecular Hbond substituents is 1. The van der Waals surface area contributed by atoms with Crippen molar-refractivity contribution in [1.82, 2.24) is 9.97 Å². The molecule has 1 aromatic heterocycles. The van der Waals surface area contributed by atoms with Gasteiger partial charge in [-0.1, -0.05) is 11.6 Å². The third kappa shape index (κ3) is 2.48. The third-order valence-electron chi connectivity index (χ3n) is 3.05. The number of phenols is 1. The maximum absolute atomic E-state index is 14.1. The molecule has 6 heteroatoms. The van der Waals surface area contributed by atoms with Crippen LogP contribution in [0.1, 0.15) is 0 Å². The van der Waals surface area contributed by atoms with Crippen LogP contribution in [0.4, 0.5) is 4.39 Å². The van der Waals surface area contributed by atoms with E-state index in [0.29, 0.717) is 16.7 Å². The molecular weight excluding hydrogens is 295 g/mol. The van der Waals surface area contributed by atoms with Gasteiger partial charge in [-0.2, -0.15) is 0 Å². The van der Waals surface area contributed by atoms with Gasteiger partial charge in [-0.05, 0) is 30.3 Å². The Morgan fingerprint density at radius 3 is 2.67 bits per heavy atom. The lowest BCUT2D eigenvalue weighted by Gasteiger charge is -2.07. The first kappa shape index (κ1) is 13.6. The maximum atomic E-state index is 14.1. The van der Waals surface area contributed by atoms with E-state index < -0.39 is 5.82 Å². The molecule has 0 aliphatic carbocycles. The van der Waals surface area contributed by atoms with Crippen molar-refractivity contribution in [3.05, 3.63) is 47.4 Å². The van der Waals surface area contributed by atoms with Crippen LogP contribution in [-0.2, 0) is 0 Å². The summed E-state index contributed by atoms with van der Waals surface area (Å²) >= 11 is 6.09. The van der Waals surface area contributed by atoms with Crippen LogP contribution in [0.25, 0.3) is 22.3 Å². The smallest absolute Gasteiger partial charge is 0.164 e. The molecule has 3 aromatic rings. The lowest BCUT2D eigenvalue weighted by atomic mass is 10.1. The molecule has 0 saturated carbocycles. The minimum Gasteiger partial charge on any atom is -0.508 e. The zero-order chi connectivity index (χ0) is 15.0. The first-order valence-electron chi connectivity index (χ1n) is 6.08. The van der Waals surface area contributed by atoms with E-state index in [1.807, 2.05) is 0 Å². The fourth-order valence-electron chi connectivity index (χ4n) is 2.00. The topological polar surface area (TPSA) is 55.2 Å². The van der Waals surface area contributed by atoms with Gasteiger partial charge in [0, 0.05) is 11.5 Å². The molecule has 0 fully saturated rings. The Bertz CT molecular complexity index is 839. The van der Waals surface area contributed by atoms with Crippen LogP contribution in [0.15, 0.2) is 36.4 Å². The van der Waals surface area contributed by atoms with Gasteiger partial charge < -0.3 is 9.84 Å². The summed E-state index contributed by atoms with van der Waals surface area (Å²) in [5.41, 5.74) is 0.755. The lowest BCUT2D eigenvalue weighted by Crippen LogP contribution is -1.95. The van der Waals surface area contributed by atoms with Gasteiger partial charge in [0.15, 0.2) is 5.82 Å².